The van der Waals surface area contributed by atoms with Gasteiger partial charge in [0, 0.05) is 22.7 Å². The summed E-state index contributed by atoms with van der Waals surface area (Å²) < 4.78 is 0. The SMILES string of the molecule is NC(=O)C(=O)N(c1cccc2c1C(=O)c1ccccc1C2=O)C1CCCCC1. The van der Waals surface area contributed by atoms with E-state index in [4.69, 9.17) is 5.73 Å². The highest BCUT2D eigenvalue weighted by atomic mass is 16.2. The van der Waals surface area contributed by atoms with Gasteiger partial charge in [0.1, 0.15) is 0 Å². The van der Waals surface area contributed by atoms with Crippen molar-refractivity contribution in [2.24, 2.45) is 5.73 Å². The molecule has 0 radical (unpaired) electrons. The van der Waals surface area contributed by atoms with Crippen LogP contribution in [-0.2, 0) is 9.59 Å². The molecule has 0 aliphatic heterocycles. The maximum atomic E-state index is 13.2. The van der Waals surface area contributed by atoms with Gasteiger partial charge in [-0.25, -0.2) is 0 Å². The predicted molar refractivity (Wildman–Crippen MR) is 103 cm³/mol. The van der Waals surface area contributed by atoms with E-state index in [1.807, 2.05) is 0 Å². The number of ketones is 2. The van der Waals surface area contributed by atoms with Crippen LogP contribution in [0, 0.1) is 0 Å². The van der Waals surface area contributed by atoms with E-state index >= 15 is 0 Å². The van der Waals surface area contributed by atoms with E-state index in [-0.39, 0.29) is 28.7 Å². The van der Waals surface area contributed by atoms with E-state index in [1.165, 1.54) is 4.90 Å². The summed E-state index contributed by atoms with van der Waals surface area (Å²) in [6, 6.07) is 11.3. The minimum atomic E-state index is -1.07. The van der Waals surface area contributed by atoms with Crippen LogP contribution in [0.25, 0.3) is 0 Å². The fraction of sp³-hybridized carbons (Fsp3) is 0.273. The Balaban J connectivity index is 1.90. The smallest absolute Gasteiger partial charge is 0.316 e. The summed E-state index contributed by atoms with van der Waals surface area (Å²) in [7, 11) is 0. The van der Waals surface area contributed by atoms with E-state index in [9.17, 15) is 19.2 Å². The molecule has 6 heteroatoms. The van der Waals surface area contributed by atoms with Gasteiger partial charge >= 0.3 is 11.8 Å². The van der Waals surface area contributed by atoms with Crippen molar-refractivity contribution in [2.45, 2.75) is 38.1 Å². The number of hydrogen-bond donors (Lipinski definition) is 1. The van der Waals surface area contributed by atoms with Crippen molar-refractivity contribution in [2.75, 3.05) is 4.90 Å². The molecule has 0 unspecified atom stereocenters. The van der Waals surface area contributed by atoms with Crippen molar-refractivity contribution in [1.29, 1.82) is 0 Å². The van der Waals surface area contributed by atoms with E-state index in [0.29, 0.717) is 16.8 Å². The number of primary amides is 1. The number of nitrogens with zero attached hydrogens (tertiary/aromatic N) is 1. The molecular weight excluding hydrogens is 356 g/mol. The fourth-order valence-electron chi connectivity index (χ4n) is 4.26. The summed E-state index contributed by atoms with van der Waals surface area (Å²) in [6.45, 7) is 0. The number of carbonyl (C=O) groups excluding carboxylic acids is 4. The van der Waals surface area contributed by atoms with Crippen molar-refractivity contribution in [3.05, 3.63) is 64.7 Å². The molecule has 0 atom stereocenters. The Morgan fingerprint density at radius 3 is 2.07 bits per heavy atom. The van der Waals surface area contributed by atoms with Gasteiger partial charge in [0.25, 0.3) is 0 Å². The molecule has 6 nitrogen and oxygen atoms in total. The van der Waals surface area contributed by atoms with Gasteiger partial charge in [-0.1, -0.05) is 55.7 Å². The average molecular weight is 376 g/mol. The van der Waals surface area contributed by atoms with Crippen LogP contribution < -0.4 is 10.6 Å². The van der Waals surface area contributed by atoms with Gasteiger partial charge in [-0.2, -0.15) is 0 Å². The highest BCUT2D eigenvalue weighted by molar-refractivity contribution is 6.41. The van der Waals surface area contributed by atoms with Crippen molar-refractivity contribution in [3.8, 4) is 0 Å². The molecule has 0 saturated heterocycles. The van der Waals surface area contributed by atoms with Gasteiger partial charge in [0.15, 0.2) is 11.6 Å². The van der Waals surface area contributed by atoms with Crippen LogP contribution >= 0.6 is 0 Å². The molecular formula is C22H20N2O4. The highest BCUT2D eigenvalue weighted by Crippen LogP contribution is 2.36. The normalized spacial score (nSPS) is 16.3. The Morgan fingerprint density at radius 2 is 1.43 bits per heavy atom. The fourth-order valence-corrected chi connectivity index (χ4v) is 4.26. The number of fused-ring (bicyclic) bond motifs is 2. The van der Waals surface area contributed by atoms with Gasteiger partial charge in [-0.05, 0) is 18.9 Å². The first-order valence-corrected chi connectivity index (χ1v) is 9.45. The van der Waals surface area contributed by atoms with Crippen LogP contribution in [-0.4, -0.2) is 29.4 Å². The number of benzene rings is 2. The molecule has 2 aliphatic carbocycles. The second-order valence-electron chi connectivity index (χ2n) is 7.23. The zero-order chi connectivity index (χ0) is 19.8. The summed E-state index contributed by atoms with van der Waals surface area (Å²) in [5, 5.41) is 0. The molecule has 4 rings (SSSR count). The first-order chi connectivity index (χ1) is 13.5. The molecule has 1 fully saturated rings. The quantitative estimate of drug-likeness (QED) is 0.695. The summed E-state index contributed by atoms with van der Waals surface area (Å²) in [6.07, 6.45) is 4.37. The predicted octanol–water partition coefficient (Wildman–Crippen LogP) is 2.61. The Hall–Kier alpha value is -3.28. The topological polar surface area (TPSA) is 97.5 Å². The zero-order valence-electron chi connectivity index (χ0n) is 15.3. The monoisotopic (exact) mass is 376 g/mol. The molecule has 2 aromatic rings. The van der Waals surface area contributed by atoms with Gasteiger partial charge in [-0.15, -0.1) is 0 Å². The van der Waals surface area contributed by atoms with Crippen molar-refractivity contribution in [1.82, 2.24) is 0 Å². The molecule has 28 heavy (non-hydrogen) atoms. The van der Waals surface area contributed by atoms with Gasteiger partial charge in [0.05, 0.1) is 11.3 Å². The molecule has 2 N–H and O–H groups in total. The second-order valence-corrected chi connectivity index (χ2v) is 7.23. The van der Waals surface area contributed by atoms with E-state index in [1.54, 1.807) is 42.5 Å². The minimum Gasteiger partial charge on any atom is -0.361 e. The van der Waals surface area contributed by atoms with Crippen LogP contribution in [0.5, 0.6) is 0 Å². The van der Waals surface area contributed by atoms with E-state index in [2.05, 4.69) is 0 Å². The molecule has 0 bridgehead atoms. The number of carbonyl (C=O) groups is 4. The van der Waals surface area contributed by atoms with E-state index in [0.717, 1.165) is 32.1 Å². The molecule has 1 saturated carbocycles. The van der Waals surface area contributed by atoms with Gasteiger partial charge in [-0.3, -0.25) is 19.2 Å². The first kappa shape index (κ1) is 18.1. The Kier molecular flexibility index (Phi) is 4.55. The molecule has 142 valence electrons. The lowest BCUT2D eigenvalue weighted by molar-refractivity contribution is -0.136. The third-order valence-corrected chi connectivity index (χ3v) is 5.56. The Bertz CT molecular complexity index is 1010. The van der Waals surface area contributed by atoms with Gasteiger partial charge in [0.2, 0.25) is 0 Å². The summed E-state index contributed by atoms with van der Waals surface area (Å²) in [4.78, 5) is 52.0. The van der Waals surface area contributed by atoms with Crippen LogP contribution in [0.2, 0.25) is 0 Å². The Labute approximate surface area is 162 Å². The summed E-state index contributed by atoms with van der Waals surface area (Å²) >= 11 is 0. The van der Waals surface area contributed by atoms with Gasteiger partial charge < -0.3 is 10.6 Å². The minimum absolute atomic E-state index is 0.173. The standard InChI is InChI=1S/C22H20N2O4/c23-21(27)22(28)24(13-7-2-1-3-8-13)17-12-6-11-16-18(17)20(26)15-10-5-4-9-14(15)19(16)25/h4-6,9-13H,1-3,7-8H2,(H2,23,27). The maximum Gasteiger partial charge on any atom is 0.316 e. The highest BCUT2D eigenvalue weighted by Gasteiger charge is 2.37. The summed E-state index contributed by atoms with van der Waals surface area (Å²) in [5.41, 5.74) is 6.69. The number of rotatable bonds is 2. The third kappa shape index (κ3) is 2.81. The van der Waals surface area contributed by atoms with Crippen LogP contribution in [0.1, 0.15) is 63.9 Å². The largest absolute Gasteiger partial charge is 0.361 e. The number of hydrogen-bond acceptors (Lipinski definition) is 4. The number of nitrogens with two attached hydrogens (primary N) is 1. The maximum absolute atomic E-state index is 13.2. The number of amides is 2. The zero-order valence-corrected chi connectivity index (χ0v) is 15.3. The third-order valence-electron chi connectivity index (χ3n) is 5.56. The lowest BCUT2D eigenvalue weighted by atomic mass is 9.82. The summed E-state index contributed by atoms with van der Waals surface area (Å²) in [5.74, 6) is -2.50. The van der Waals surface area contributed by atoms with Crippen LogP contribution in [0.4, 0.5) is 5.69 Å². The van der Waals surface area contributed by atoms with E-state index < -0.39 is 11.8 Å². The number of anilines is 1. The molecule has 0 aromatic heterocycles. The van der Waals surface area contributed by atoms with Crippen molar-refractivity contribution >= 4 is 29.1 Å². The van der Waals surface area contributed by atoms with Crippen LogP contribution in [0.15, 0.2) is 42.5 Å². The first-order valence-electron chi connectivity index (χ1n) is 9.45. The lowest BCUT2D eigenvalue weighted by Crippen LogP contribution is -2.48. The molecule has 0 heterocycles. The average Bonchev–Trinajstić information content (AvgIpc) is 2.72. The molecule has 2 aromatic carbocycles. The molecule has 2 amide bonds. The van der Waals surface area contributed by atoms with Crippen molar-refractivity contribution < 1.29 is 19.2 Å². The molecule has 2 aliphatic rings. The second kappa shape index (κ2) is 7.03. The van der Waals surface area contributed by atoms with Crippen molar-refractivity contribution in [3.63, 3.8) is 0 Å². The van der Waals surface area contributed by atoms with Crippen LogP contribution in [0.3, 0.4) is 0 Å². The Morgan fingerprint density at radius 1 is 0.821 bits per heavy atom. The molecule has 0 spiro atoms. The lowest BCUT2D eigenvalue weighted by Gasteiger charge is -2.35.